The monoisotopic (exact) mass is 333 g/mol. The number of nitrogens with two attached hydrogens (primary N) is 2. The van der Waals surface area contributed by atoms with Crippen molar-refractivity contribution >= 4 is 21.1 Å². The Bertz CT molecular complexity index is 383. The van der Waals surface area contributed by atoms with Crippen LogP contribution in [0.4, 0.5) is 0 Å². The van der Waals surface area contributed by atoms with Crippen molar-refractivity contribution in [3.63, 3.8) is 0 Å². The van der Waals surface area contributed by atoms with Gasteiger partial charge in [0.15, 0.2) is 0 Å². The van der Waals surface area contributed by atoms with Crippen LogP contribution in [0.2, 0.25) is 0 Å². The molecule has 1 unspecified atom stereocenters. The first-order valence-electron chi connectivity index (χ1n) is 5.79. The van der Waals surface area contributed by atoms with Gasteiger partial charge in [-0.2, -0.15) is 0 Å². The van der Waals surface area contributed by atoms with Crippen LogP contribution in [-0.2, 0) is 13.9 Å². The van der Waals surface area contributed by atoms with Gasteiger partial charge in [-0.25, -0.2) is 0 Å². The van der Waals surface area contributed by atoms with Crippen LogP contribution in [0.3, 0.4) is 0 Å². The summed E-state index contributed by atoms with van der Waals surface area (Å²) >= 11 is 0. The molecule has 0 aliphatic rings. The zero-order valence-electron chi connectivity index (χ0n) is 10.8. The first-order valence-corrected chi connectivity index (χ1v) is 9.38. The Hall–Kier alpha value is -0.310. The summed E-state index contributed by atoms with van der Waals surface area (Å²) < 4.78 is 22.0. The fourth-order valence-electron chi connectivity index (χ4n) is 1.70. The molecule has 0 radical (unpaired) electrons. The second-order valence-corrected chi connectivity index (χ2v) is 7.63. The molecule has 120 valence electrons. The molecule has 0 bridgehead atoms. The summed E-state index contributed by atoms with van der Waals surface area (Å²) in [7, 11) is -9.18. The smallest absolute Gasteiger partial charge is 0.339 e. The third-order valence-electron chi connectivity index (χ3n) is 2.43. The number of nitrogens with zero attached hydrogens (tertiary/aromatic N) is 1. The van der Waals surface area contributed by atoms with E-state index in [2.05, 4.69) is 0 Å². The highest BCUT2D eigenvalue weighted by molar-refractivity contribution is 7.52. The number of hydrogen-bond donors (Lipinski definition) is 6. The van der Waals surface area contributed by atoms with Crippen LogP contribution < -0.4 is 11.5 Å². The van der Waals surface area contributed by atoms with Gasteiger partial charge in [0, 0.05) is 0 Å². The van der Waals surface area contributed by atoms with Crippen molar-refractivity contribution in [3.8, 4) is 0 Å². The maximum absolute atomic E-state index is 11.4. The topological polar surface area (TPSA) is 187 Å². The van der Waals surface area contributed by atoms with Gasteiger partial charge >= 0.3 is 15.2 Å². The van der Waals surface area contributed by atoms with Gasteiger partial charge < -0.3 is 31.0 Å². The predicted octanol–water partition coefficient (Wildman–Crippen LogP) is -1.46. The van der Waals surface area contributed by atoms with E-state index in [1.807, 2.05) is 0 Å². The summed E-state index contributed by atoms with van der Waals surface area (Å²) in [6.45, 7) is 0.364. The molecule has 0 spiro atoms. The number of carbonyl (C=O) groups is 1. The first-order chi connectivity index (χ1) is 8.96. The molecule has 0 saturated carbocycles. The molecular weight excluding hydrogens is 312 g/mol. The van der Waals surface area contributed by atoms with Gasteiger partial charge in [0.2, 0.25) is 5.91 Å². The molecule has 0 fully saturated rings. The highest BCUT2D eigenvalue weighted by Gasteiger charge is 2.33. The third-order valence-corrected chi connectivity index (χ3v) is 3.90. The fourth-order valence-corrected chi connectivity index (χ4v) is 3.40. The molecule has 0 aliphatic heterocycles. The molecule has 20 heavy (non-hydrogen) atoms. The Morgan fingerprint density at radius 3 is 1.80 bits per heavy atom. The van der Waals surface area contributed by atoms with Crippen molar-refractivity contribution in [2.45, 2.75) is 25.3 Å². The summed E-state index contributed by atoms with van der Waals surface area (Å²) in [6.07, 6.45) is -0.776. The number of hydrogen-bond acceptors (Lipinski definition) is 5. The molecule has 8 N–H and O–H groups in total. The van der Waals surface area contributed by atoms with E-state index in [0.717, 1.165) is 4.90 Å². The first kappa shape index (κ1) is 19.7. The summed E-state index contributed by atoms with van der Waals surface area (Å²) in [4.78, 5) is 47.8. The Morgan fingerprint density at radius 1 is 1.05 bits per heavy atom. The minimum atomic E-state index is -4.59. The lowest BCUT2D eigenvalue weighted by Gasteiger charge is -2.29. The molecule has 0 rings (SSSR count). The summed E-state index contributed by atoms with van der Waals surface area (Å²) in [6, 6.07) is -1.17. The van der Waals surface area contributed by atoms with Crippen LogP contribution in [-0.4, -0.2) is 55.5 Å². The van der Waals surface area contributed by atoms with E-state index in [0.29, 0.717) is 19.4 Å². The quantitative estimate of drug-likeness (QED) is 0.205. The van der Waals surface area contributed by atoms with Crippen molar-refractivity contribution in [2.24, 2.45) is 11.5 Å². The van der Waals surface area contributed by atoms with E-state index in [1.165, 1.54) is 0 Å². The van der Waals surface area contributed by atoms with Gasteiger partial charge in [-0.3, -0.25) is 18.8 Å². The second-order valence-electron chi connectivity index (χ2n) is 4.40. The molecule has 1 amide bonds. The molecule has 0 heterocycles. The van der Waals surface area contributed by atoms with Crippen molar-refractivity contribution in [2.75, 3.05) is 19.1 Å². The minimum Gasteiger partial charge on any atom is -0.368 e. The minimum absolute atomic E-state index is 0.118. The molecule has 0 aromatic rings. The van der Waals surface area contributed by atoms with Gasteiger partial charge in [-0.1, -0.05) is 6.42 Å². The van der Waals surface area contributed by atoms with Gasteiger partial charge in [0.25, 0.3) is 0 Å². The van der Waals surface area contributed by atoms with E-state index in [-0.39, 0.29) is 6.42 Å². The van der Waals surface area contributed by atoms with Crippen LogP contribution in [0, 0.1) is 0 Å². The molecule has 0 aromatic heterocycles. The fraction of sp³-hybridized carbons (Fsp3) is 0.875. The van der Waals surface area contributed by atoms with E-state index in [1.54, 1.807) is 0 Å². The highest BCUT2D eigenvalue weighted by Crippen LogP contribution is 2.42. The Labute approximate surface area is 116 Å². The number of primary amides is 1. The number of amides is 1. The Balaban J connectivity index is 5.04. The van der Waals surface area contributed by atoms with Gasteiger partial charge in [0.1, 0.15) is 12.6 Å². The van der Waals surface area contributed by atoms with Crippen LogP contribution in [0.25, 0.3) is 0 Å². The maximum atomic E-state index is 11.4. The number of carbonyl (C=O) groups excluding carboxylic acids is 1. The third kappa shape index (κ3) is 9.57. The van der Waals surface area contributed by atoms with E-state index in [4.69, 9.17) is 31.0 Å². The second kappa shape index (κ2) is 8.21. The van der Waals surface area contributed by atoms with E-state index >= 15 is 0 Å². The predicted molar refractivity (Wildman–Crippen MR) is 71.5 cm³/mol. The van der Waals surface area contributed by atoms with Crippen LogP contribution >= 0.6 is 15.2 Å². The molecule has 10 nitrogen and oxygen atoms in total. The van der Waals surface area contributed by atoms with E-state index < -0.39 is 39.7 Å². The summed E-state index contributed by atoms with van der Waals surface area (Å²) in [5.41, 5.74) is 10.4. The lowest BCUT2D eigenvalue weighted by molar-refractivity contribution is -0.123. The molecule has 0 saturated heterocycles. The Kier molecular flexibility index (Phi) is 8.08. The summed E-state index contributed by atoms with van der Waals surface area (Å²) in [5.74, 6) is -0.899. The Morgan fingerprint density at radius 2 is 1.50 bits per heavy atom. The molecule has 12 heteroatoms. The van der Waals surface area contributed by atoms with Crippen molar-refractivity contribution in [1.29, 1.82) is 0 Å². The van der Waals surface area contributed by atoms with Crippen molar-refractivity contribution < 1.29 is 33.5 Å². The normalized spacial score (nSPS) is 14.5. The van der Waals surface area contributed by atoms with Crippen molar-refractivity contribution in [3.05, 3.63) is 0 Å². The molecule has 0 aliphatic carbocycles. The zero-order valence-corrected chi connectivity index (χ0v) is 12.6. The SMILES string of the molecule is NCCCCC(C(N)=O)N(CP(=O)(O)O)CP(=O)(O)O. The lowest BCUT2D eigenvalue weighted by atomic mass is 10.1. The largest absolute Gasteiger partial charge is 0.368 e. The molecule has 1 atom stereocenters. The average molecular weight is 333 g/mol. The van der Waals surface area contributed by atoms with Gasteiger partial charge in [-0.05, 0) is 19.4 Å². The highest BCUT2D eigenvalue weighted by atomic mass is 31.2. The standard InChI is InChI=1S/C8H21N3O7P2/c9-4-2-1-3-7(8(10)12)11(5-19(13,14)15)6-20(16,17)18/h7H,1-6,9H2,(H2,10,12)(H2,13,14,15)(H2,16,17,18). The maximum Gasteiger partial charge on any atom is 0.339 e. The van der Waals surface area contributed by atoms with Crippen LogP contribution in [0.15, 0.2) is 0 Å². The van der Waals surface area contributed by atoms with Gasteiger partial charge in [0.05, 0.1) is 6.04 Å². The summed E-state index contributed by atoms with van der Waals surface area (Å²) in [5, 5.41) is 0. The number of rotatable bonds is 10. The molecule has 0 aromatic carbocycles. The lowest BCUT2D eigenvalue weighted by Crippen LogP contribution is -2.45. The van der Waals surface area contributed by atoms with Crippen LogP contribution in [0.5, 0.6) is 0 Å². The zero-order chi connectivity index (χ0) is 16.0. The van der Waals surface area contributed by atoms with Crippen LogP contribution in [0.1, 0.15) is 19.3 Å². The average Bonchev–Trinajstić information content (AvgIpc) is 2.18. The molecular formula is C8H21N3O7P2. The van der Waals surface area contributed by atoms with Crippen molar-refractivity contribution in [1.82, 2.24) is 4.90 Å². The van der Waals surface area contributed by atoms with Gasteiger partial charge in [-0.15, -0.1) is 0 Å². The number of unbranched alkanes of at least 4 members (excludes halogenated alkanes) is 1. The van der Waals surface area contributed by atoms with E-state index in [9.17, 15) is 13.9 Å².